The first-order valence-corrected chi connectivity index (χ1v) is 7.55. The van der Waals surface area contributed by atoms with Crippen molar-refractivity contribution in [3.05, 3.63) is 23.9 Å². The van der Waals surface area contributed by atoms with Crippen molar-refractivity contribution < 1.29 is 9.47 Å². The van der Waals surface area contributed by atoms with E-state index in [9.17, 15) is 0 Å². The van der Waals surface area contributed by atoms with Gasteiger partial charge in [-0.25, -0.2) is 4.98 Å². The maximum Gasteiger partial charge on any atom is 0.128 e. The van der Waals surface area contributed by atoms with Gasteiger partial charge in [0.1, 0.15) is 5.82 Å². The van der Waals surface area contributed by atoms with Crippen LogP contribution in [0.2, 0.25) is 0 Å². The van der Waals surface area contributed by atoms with Gasteiger partial charge < -0.3 is 19.7 Å². The molecule has 0 fully saturated rings. The van der Waals surface area contributed by atoms with Gasteiger partial charge in [-0.2, -0.15) is 0 Å². The molecular formula is C16H29N3O2. The molecule has 0 aromatic carbocycles. The monoisotopic (exact) mass is 295 g/mol. The summed E-state index contributed by atoms with van der Waals surface area (Å²) in [6.07, 6.45) is 1.94. The van der Waals surface area contributed by atoms with E-state index < -0.39 is 0 Å². The number of aromatic nitrogens is 1. The first kappa shape index (κ1) is 17.9. The number of hydrogen-bond acceptors (Lipinski definition) is 5. The summed E-state index contributed by atoms with van der Waals surface area (Å²) in [7, 11) is 3.43. The summed E-state index contributed by atoms with van der Waals surface area (Å²) >= 11 is 0. The fraction of sp³-hybridized carbons (Fsp3) is 0.688. The zero-order valence-electron chi connectivity index (χ0n) is 13.8. The third-order valence-corrected chi connectivity index (χ3v) is 3.15. The molecule has 0 aliphatic rings. The molecule has 5 nitrogen and oxygen atoms in total. The fourth-order valence-electron chi connectivity index (χ4n) is 1.96. The fourth-order valence-corrected chi connectivity index (χ4v) is 1.96. The lowest BCUT2D eigenvalue weighted by molar-refractivity contribution is 0.190. The molecule has 1 aromatic heterocycles. The maximum atomic E-state index is 5.15. The van der Waals surface area contributed by atoms with Gasteiger partial charge in [0.05, 0.1) is 13.2 Å². The van der Waals surface area contributed by atoms with Crippen molar-refractivity contribution >= 4 is 5.82 Å². The molecule has 0 spiro atoms. The van der Waals surface area contributed by atoms with E-state index in [0.29, 0.717) is 19.1 Å². The lowest BCUT2D eigenvalue weighted by atomic mass is 10.2. The average Bonchev–Trinajstić information content (AvgIpc) is 2.48. The number of ether oxygens (including phenoxy) is 2. The molecule has 0 saturated carbocycles. The van der Waals surface area contributed by atoms with Crippen LogP contribution < -0.4 is 10.2 Å². The van der Waals surface area contributed by atoms with Crippen LogP contribution in [0.15, 0.2) is 18.3 Å². The Bertz CT molecular complexity index is 360. The van der Waals surface area contributed by atoms with Crippen LogP contribution in [-0.4, -0.2) is 52.1 Å². The number of methoxy groups -OCH3 is 2. The highest BCUT2D eigenvalue weighted by Gasteiger charge is 2.07. The first-order valence-electron chi connectivity index (χ1n) is 7.55. The molecule has 5 heteroatoms. The Balaban J connectivity index is 2.55. The van der Waals surface area contributed by atoms with Crippen molar-refractivity contribution in [2.75, 3.05) is 52.0 Å². The number of nitrogens with one attached hydrogen (secondary N) is 1. The van der Waals surface area contributed by atoms with Gasteiger partial charge in [0, 0.05) is 40.1 Å². The lowest BCUT2D eigenvalue weighted by Gasteiger charge is -2.23. The molecule has 0 aliphatic heterocycles. The van der Waals surface area contributed by atoms with Crippen molar-refractivity contribution in [1.82, 2.24) is 10.3 Å². The van der Waals surface area contributed by atoms with Crippen molar-refractivity contribution in [3.63, 3.8) is 0 Å². The number of rotatable bonds is 11. The summed E-state index contributed by atoms with van der Waals surface area (Å²) < 4.78 is 10.3. The molecule has 0 unspecified atom stereocenters. The van der Waals surface area contributed by atoms with Crippen molar-refractivity contribution in [2.45, 2.75) is 20.4 Å². The third-order valence-electron chi connectivity index (χ3n) is 3.15. The SMILES string of the molecule is COCCN(CCOC)c1ccc(CNCC(C)C)cn1. The quantitative estimate of drug-likeness (QED) is 0.676. The molecule has 0 bridgehead atoms. The minimum Gasteiger partial charge on any atom is -0.383 e. The van der Waals surface area contributed by atoms with E-state index in [2.05, 4.69) is 41.2 Å². The molecule has 1 heterocycles. The van der Waals surface area contributed by atoms with Gasteiger partial charge in [-0.15, -0.1) is 0 Å². The number of pyridine rings is 1. The Morgan fingerprint density at radius 2 is 1.81 bits per heavy atom. The van der Waals surface area contributed by atoms with E-state index in [4.69, 9.17) is 9.47 Å². The van der Waals surface area contributed by atoms with Gasteiger partial charge in [-0.1, -0.05) is 19.9 Å². The van der Waals surface area contributed by atoms with Crippen LogP contribution in [0.1, 0.15) is 19.4 Å². The Morgan fingerprint density at radius 1 is 1.14 bits per heavy atom. The third kappa shape index (κ3) is 7.41. The van der Waals surface area contributed by atoms with Crippen LogP contribution in [0.3, 0.4) is 0 Å². The van der Waals surface area contributed by atoms with Crippen LogP contribution in [0, 0.1) is 5.92 Å². The van der Waals surface area contributed by atoms with Crippen molar-refractivity contribution in [3.8, 4) is 0 Å². The van der Waals surface area contributed by atoms with E-state index >= 15 is 0 Å². The highest BCUT2D eigenvalue weighted by atomic mass is 16.5. The van der Waals surface area contributed by atoms with E-state index in [0.717, 1.165) is 32.0 Å². The molecule has 1 aromatic rings. The van der Waals surface area contributed by atoms with Crippen LogP contribution in [0.25, 0.3) is 0 Å². The predicted molar refractivity (Wildman–Crippen MR) is 86.7 cm³/mol. The van der Waals surface area contributed by atoms with Gasteiger partial charge in [0.2, 0.25) is 0 Å². The molecular weight excluding hydrogens is 266 g/mol. The standard InChI is InChI=1S/C16H29N3O2/c1-14(2)11-17-12-15-5-6-16(18-13-15)19(7-9-20-3)8-10-21-4/h5-6,13-14,17H,7-12H2,1-4H3. The molecule has 0 atom stereocenters. The predicted octanol–water partition coefficient (Wildman–Crippen LogP) is 1.93. The summed E-state index contributed by atoms with van der Waals surface area (Å²) in [4.78, 5) is 6.74. The topological polar surface area (TPSA) is 46.6 Å². The second-order valence-corrected chi connectivity index (χ2v) is 5.52. The van der Waals surface area contributed by atoms with Crippen LogP contribution in [0.5, 0.6) is 0 Å². The summed E-state index contributed by atoms with van der Waals surface area (Å²) in [5.74, 6) is 1.63. The normalized spacial score (nSPS) is 11.1. The smallest absolute Gasteiger partial charge is 0.128 e. The first-order chi connectivity index (χ1) is 10.2. The van der Waals surface area contributed by atoms with Crippen LogP contribution in [-0.2, 0) is 16.0 Å². The van der Waals surface area contributed by atoms with E-state index in [1.54, 1.807) is 14.2 Å². The molecule has 0 amide bonds. The van der Waals surface area contributed by atoms with Gasteiger partial charge in [0.15, 0.2) is 0 Å². The van der Waals surface area contributed by atoms with E-state index in [1.165, 1.54) is 5.56 Å². The number of hydrogen-bond donors (Lipinski definition) is 1. The van der Waals surface area contributed by atoms with Crippen molar-refractivity contribution in [1.29, 1.82) is 0 Å². The van der Waals surface area contributed by atoms with E-state index in [1.807, 2.05) is 6.20 Å². The van der Waals surface area contributed by atoms with Gasteiger partial charge >= 0.3 is 0 Å². The molecule has 0 radical (unpaired) electrons. The Hall–Kier alpha value is -1.17. The van der Waals surface area contributed by atoms with Crippen LogP contribution >= 0.6 is 0 Å². The second-order valence-electron chi connectivity index (χ2n) is 5.52. The minimum absolute atomic E-state index is 0.663. The Morgan fingerprint density at radius 3 is 2.29 bits per heavy atom. The number of anilines is 1. The molecule has 0 aliphatic carbocycles. The molecule has 1 rings (SSSR count). The minimum atomic E-state index is 0.663. The molecule has 1 N–H and O–H groups in total. The summed E-state index contributed by atoms with van der Waals surface area (Å²) in [5, 5.41) is 3.42. The largest absolute Gasteiger partial charge is 0.383 e. The van der Waals surface area contributed by atoms with Crippen molar-refractivity contribution in [2.24, 2.45) is 5.92 Å². The lowest BCUT2D eigenvalue weighted by Crippen LogP contribution is -2.31. The van der Waals surface area contributed by atoms with E-state index in [-0.39, 0.29) is 0 Å². The van der Waals surface area contributed by atoms with Gasteiger partial charge in [0.25, 0.3) is 0 Å². The maximum absolute atomic E-state index is 5.15. The van der Waals surface area contributed by atoms with Gasteiger partial charge in [-0.05, 0) is 24.1 Å². The second kappa shape index (κ2) is 10.5. The highest BCUT2D eigenvalue weighted by Crippen LogP contribution is 2.11. The van der Waals surface area contributed by atoms with Gasteiger partial charge in [-0.3, -0.25) is 0 Å². The zero-order chi connectivity index (χ0) is 15.5. The summed E-state index contributed by atoms with van der Waals surface area (Å²) in [5.41, 5.74) is 1.21. The molecule has 120 valence electrons. The number of nitrogens with zero attached hydrogens (tertiary/aromatic N) is 2. The summed E-state index contributed by atoms with van der Waals surface area (Å²) in [6, 6.07) is 4.19. The van der Waals surface area contributed by atoms with Crippen LogP contribution in [0.4, 0.5) is 5.82 Å². The zero-order valence-corrected chi connectivity index (χ0v) is 13.8. The average molecular weight is 295 g/mol. The Kier molecular flexibility index (Phi) is 8.98. The highest BCUT2D eigenvalue weighted by molar-refractivity contribution is 5.39. The Labute approximate surface area is 128 Å². The molecule has 21 heavy (non-hydrogen) atoms. The molecule has 0 saturated heterocycles. The summed E-state index contributed by atoms with van der Waals surface area (Å²) in [6.45, 7) is 9.30.